The van der Waals surface area contributed by atoms with Crippen molar-refractivity contribution >= 4 is 29.8 Å². The number of nitriles is 1. The van der Waals surface area contributed by atoms with Crippen LogP contribution in [0.25, 0.3) is 0 Å². The molecule has 0 fully saturated rings. The average Bonchev–Trinajstić information content (AvgIpc) is 2.13. The Morgan fingerprint density at radius 3 is 1.32 bits per heavy atom. The number of nitrogens with zero attached hydrogens (tertiary/aromatic N) is 5. The van der Waals surface area contributed by atoms with Gasteiger partial charge in [0, 0.05) is 0 Å². The molecule has 0 aromatic carbocycles. The molecule has 0 aliphatic rings. The van der Waals surface area contributed by atoms with Crippen molar-refractivity contribution in [2.75, 3.05) is 17.2 Å². The van der Waals surface area contributed by atoms with Gasteiger partial charge in [-0.3, -0.25) is 0 Å². The first-order valence-corrected chi connectivity index (χ1v) is 4.24. The van der Waals surface area contributed by atoms with Crippen LogP contribution in [-0.2, 0) is 0 Å². The van der Waals surface area contributed by atoms with Crippen LogP contribution in [0.4, 0.5) is 22.6 Å². The molecule has 0 unspecified atom stereocenters. The van der Waals surface area contributed by atoms with Crippen molar-refractivity contribution < 1.29 is 4.79 Å². The van der Waals surface area contributed by atoms with E-state index in [1.54, 1.807) is 0 Å². The molecule has 0 aliphatic heterocycles. The monoisotopic (exact) mass is 270 g/mol. The molecule has 104 valence electrons. The summed E-state index contributed by atoms with van der Waals surface area (Å²) in [5, 5.41) is 7.64. The highest BCUT2D eigenvalue weighted by Gasteiger charge is 1.93. The minimum absolute atomic E-state index is 0.0417. The molecule has 1 heterocycles. The Hall–Kier alpha value is -3.56. The van der Waals surface area contributed by atoms with E-state index in [-0.39, 0.29) is 23.8 Å². The van der Waals surface area contributed by atoms with E-state index in [0.29, 0.717) is 0 Å². The molecule has 13 heteroatoms. The Kier molecular flexibility index (Phi) is 9.05. The number of carbonyl (C=O) groups is 1. The Labute approximate surface area is 107 Å². The van der Waals surface area contributed by atoms with Gasteiger partial charge in [0.15, 0.2) is 0 Å². The number of guanidine groups is 1. The van der Waals surface area contributed by atoms with Crippen molar-refractivity contribution in [2.45, 2.75) is 0 Å². The van der Waals surface area contributed by atoms with Gasteiger partial charge in [0.1, 0.15) is 0 Å². The number of nitrogens with two attached hydrogens (primary N) is 7. The number of urea groups is 1. The topological polar surface area (TPSA) is 274 Å². The first-order chi connectivity index (χ1) is 8.68. The standard InChI is InChI=1S/C3H6N6.C2H4N4.CH4N2O/c4-1-7-2(5)9-3(6)8-1;3-1-6-2(4)5;2-1(3)4/h(H6,4,5,6,7,8,9);(H4,4,5,6);(H4,2,3,4). The molecule has 1 aromatic rings. The second-order valence-corrected chi connectivity index (χ2v) is 2.45. The lowest BCUT2D eigenvalue weighted by molar-refractivity contribution is 0.256. The molecule has 2 amide bonds. The number of hydrogen-bond donors (Lipinski definition) is 7. The van der Waals surface area contributed by atoms with Gasteiger partial charge in [-0.1, -0.05) is 0 Å². The summed E-state index contributed by atoms with van der Waals surface area (Å²) in [6.45, 7) is 0. The van der Waals surface area contributed by atoms with Crippen molar-refractivity contribution in [1.82, 2.24) is 15.0 Å². The van der Waals surface area contributed by atoms with Gasteiger partial charge in [-0.15, -0.1) is 4.99 Å². The number of aliphatic imine (C=N–C) groups is 1. The first kappa shape index (κ1) is 17.8. The summed E-state index contributed by atoms with van der Waals surface area (Å²) >= 11 is 0. The molecule has 0 radical (unpaired) electrons. The highest BCUT2D eigenvalue weighted by Crippen LogP contribution is 1.97. The third kappa shape index (κ3) is 17.1. The summed E-state index contributed by atoms with van der Waals surface area (Å²) in [6, 6.07) is -0.833. The summed E-state index contributed by atoms with van der Waals surface area (Å²) in [5.41, 5.74) is 33.3. The highest BCUT2D eigenvalue weighted by atomic mass is 16.2. The van der Waals surface area contributed by atoms with Gasteiger partial charge < -0.3 is 40.1 Å². The molecular formula is C6H14N12O. The van der Waals surface area contributed by atoms with Crippen LogP contribution >= 0.6 is 0 Å². The average molecular weight is 270 g/mol. The second-order valence-electron chi connectivity index (χ2n) is 2.45. The predicted molar refractivity (Wildman–Crippen MR) is 68.3 cm³/mol. The SMILES string of the molecule is N#CN=C(N)N.NC(N)=O.Nc1nc(N)nc(N)n1. The second kappa shape index (κ2) is 9.65. The van der Waals surface area contributed by atoms with Crippen LogP contribution in [0, 0.1) is 11.5 Å². The number of amides is 2. The first-order valence-electron chi connectivity index (χ1n) is 4.24. The van der Waals surface area contributed by atoms with Crippen LogP contribution in [0.2, 0.25) is 0 Å². The molecule has 14 N–H and O–H groups in total. The van der Waals surface area contributed by atoms with E-state index < -0.39 is 6.03 Å². The third-order valence-corrected chi connectivity index (χ3v) is 0.866. The highest BCUT2D eigenvalue weighted by molar-refractivity contribution is 5.76. The summed E-state index contributed by atoms with van der Waals surface area (Å²) < 4.78 is 0. The van der Waals surface area contributed by atoms with Crippen LogP contribution in [0.3, 0.4) is 0 Å². The van der Waals surface area contributed by atoms with Crippen LogP contribution in [0.1, 0.15) is 0 Å². The van der Waals surface area contributed by atoms with Gasteiger partial charge in [-0.05, 0) is 0 Å². The maximum atomic E-state index is 9.00. The quantitative estimate of drug-likeness (QED) is 0.138. The number of carbonyl (C=O) groups excluding carboxylic acids is 1. The zero-order valence-electron chi connectivity index (χ0n) is 9.69. The van der Waals surface area contributed by atoms with E-state index in [9.17, 15) is 0 Å². The van der Waals surface area contributed by atoms with Gasteiger partial charge in [-0.2, -0.15) is 20.2 Å². The van der Waals surface area contributed by atoms with E-state index in [4.69, 9.17) is 38.7 Å². The molecule has 0 atom stereocenters. The van der Waals surface area contributed by atoms with Crippen LogP contribution in [0.5, 0.6) is 0 Å². The zero-order chi connectivity index (χ0) is 15.4. The Morgan fingerprint density at radius 2 is 1.21 bits per heavy atom. The van der Waals surface area contributed by atoms with Crippen LogP contribution in [-0.4, -0.2) is 26.9 Å². The van der Waals surface area contributed by atoms with E-state index in [2.05, 4.69) is 31.4 Å². The molecule has 0 saturated heterocycles. The van der Waals surface area contributed by atoms with Crippen molar-refractivity contribution in [3.05, 3.63) is 0 Å². The number of aromatic nitrogens is 3. The maximum absolute atomic E-state index is 9.00. The summed E-state index contributed by atoms with van der Waals surface area (Å²) in [6.07, 6.45) is 1.41. The molecule has 13 nitrogen and oxygen atoms in total. The number of nitrogen functional groups attached to an aromatic ring is 3. The number of anilines is 3. The van der Waals surface area contributed by atoms with E-state index >= 15 is 0 Å². The maximum Gasteiger partial charge on any atom is 0.309 e. The molecule has 19 heavy (non-hydrogen) atoms. The van der Waals surface area contributed by atoms with Crippen molar-refractivity contribution in [1.29, 1.82) is 5.26 Å². The van der Waals surface area contributed by atoms with E-state index in [1.807, 2.05) is 0 Å². The smallest absolute Gasteiger partial charge is 0.309 e. The van der Waals surface area contributed by atoms with Crippen LogP contribution < -0.4 is 40.1 Å². The normalized spacial score (nSPS) is 7.53. The lowest BCUT2D eigenvalue weighted by Gasteiger charge is -1.93. The number of rotatable bonds is 0. The lowest BCUT2D eigenvalue weighted by Crippen LogP contribution is -2.21. The lowest BCUT2D eigenvalue weighted by atomic mass is 10.9. The van der Waals surface area contributed by atoms with E-state index in [0.717, 1.165) is 0 Å². The molecule has 0 saturated carbocycles. The number of primary amides is 2. The summed E-state index contributed by atoms with van der Waals surface area (Å²) in [5.74, 6) is -0.0718. The van der Waals surface area contributed by atoms with Crippen molar-refractivity contribution in [3.8, 4) is 6.19 Å². The van der Waals surface area contributed by atoms with Gasteiger partial charge in [-0.25, -0.2) is 4.79 Å². The van der Waals surface area contributed by atoms with Gasteiger partial charge >= 0.3 is 6.03 Å². The fraction of sp³-hybridized carbons (Fsp3) is 0. The van der Waals surface area contributed by atoms with Gasteiger partial charge in [0.25, 0.3) is 0 Å². The minimum Gasteiger partial charge on any atom is -0.369 e. The van der Waals surface area contributed by atoms with Gasteiger partial charge in [0.2, 0.25) is 30.0 Å². The molecule has 0 bridgehead atoms. The molecule has 0 aliphatic carbocycles. The fourth-order valence-electron chi connectivity index (χ4n) is 0.485. The van der Waals surface area contributed by atoms with Crippen molar-refractivity contribution in [2.24, 2.45) is 27.9 Å². The predicted octanol–water partition coefficient (Wildman–Crippen LogP) is -3.62. The Morgan fingerprint density at radius 1 is 0.947 bits per heavy atom. The molecule has 0 spiro atoms. The Balaban J connectivity index is 0. The van der Waals surface area contributed by atoms with Gasteiger partial charge in [0.05, 0.1) is 0 Å². The van der Waals surface area contributed by atoms with E-state index in [1.165, 1.54) is 6.19 Å². The Bertz CT molecular complexity index is 417. The van der Waals surface area contributed by atoms with Crippen LogP contribution in [0.15, 0.2) is 4.99 Å². The molecule has 1 aromatic heterocycles. The zero-order valence-corrected chi connectivity index (χ0v) is 9.69. The summed E-state index contributed by atoms with van der Waals surface area (Å²) in [4.78, 5) is 22.4. The molecular weight excluding hydrogens is 256 g/mol. The molecule has 1 rings (SSSR count). The number of hydrogen-bond acceptors (Lipinski definition) is 9. The summed E-state index contributed by atoms with van der Waals surface area (Å²) in [7, 11) is 0. The minimum atomic E-state index is -0.833. The van der Waals surface area contributed by atoms with Crippen molar-refractivity contribution in [3.63, 3.8) is 0 Å². The fourth-order valence-corrected chi connectivity index (χ4v) is 0.485. The third-order valence-electron chi connectivity index (χ3n) is 0.866. The largest absolute Gasteiger partial charge is 0.369 e.